The molecule has 0 radical (unpaired) electrons. The van der Waals surface area contributed by atoms with Gasteiger partial charge in [-0.05, 0) is 62.6 Å². The molecule has 0 unspecified atom stereocenters. The molecule has 1 N–H and O–H groups in total. The number of benzene rings is 2. The third kappa shape index (κ3) is 4.81. The Kier molecular flexibility index (Phi) is 6.54. The highest BCUT2D eigenvalue weighted by Crippen LogP contribution is 2.42. The maximum Gasteiger partial charge on any atom is 0.223 e. The summed E-state index contributed by atoms with van der Waals surface area (Å²) in [6, 6.07) is 9.62. The molecule has 2 atom stereocenters. The van der Waals surface area contributed by atoms with Crippen LogP contribution in [0.4, 0.5) is 0 Å². The summed E-state index contributed by atoms with van der Waals surface area (Å²) in [5, 5.41) is 3.61. The van der Waals surface area contributed by atoms with Gasteiger partial charge in [0.15, 0.2) is 0 Å². The Balaban J connectivity index is 1.45. The van der Waals surface area contributed by atoms with E-state index in [1.165, 1.54) is 0 Å². The smallest absolute Gasteiger partial charge is 0.223 e. The molecule has 1 saturated heterocycles. The van der Waals surface area contributed by atoms with Crippen molar-refractivity contribution in [1.29, 1.82) is 0 Å². The van der Waals surface area contributed by atoms with Gasteiger partial charge in [-0.25, -0.2) is 0 Å². The van der Waals surface area contributed by atoms with E-state index in [2.05, 4.69) is 11.4 Å². The Bertz CT molecular complexity index is 1010. The highest BCUT2D eigenvalue weighted by Gasteiger charge is 2.34. The maximum atomic E-state index is 12.7. The van der Waals surface area contributed by atoms with Crippen LogP contribution >= 0.6 is 11.6 Å². The van der Waals surface area contributed by atoms with Crippen LogP contribution in [0.3, 0.4) is 0 Å². The van der Waals surface area contributed by atoms with Gasteiger partial charge >= 0.3 is 0 Å². The summed E-state index contributed by atoms with van der Waals surface area (Å²) in [5.41, 5.74) is 2.59. The first-order valence-corrected chi connectivity index (χ1v) is 11.3. The highest BCUT2D eigenvalue weighted by atomic mass is 35.5. The Morgan fingerprint density at radius 2 is 2.03 bits per heavy atom. The average molecular weight is 460 g/mol. The van der Waals surface area contributed by atoms with Crippen LogP contribution in [-0.4, -0.2) is 45.0 Å². The van der Waals surface area contributed by atoms with E-state index in [0.717, 1.165) is 41.0 Å². The summed E-state index contributed by atoms with van der Waals surface area (Å²) in [7, 11) is 3.27. The van der Waals surface area contributed by atoms with Gasteiger partial charge in [-0.3, -0.25) is 4.79 Å². The number of ether oxygens (including phenoxy) is 4. The zero-order valence-corrected chi connectivity index (χ0v) is 19.8. The second-order valence-electron chi connectivity index (χ2n) is 9.00. The second-order valence-corrected chi connectivity index (χ2v) is 9.41. The van der Waals surface area contributed by atoms with E-state index >= 15 is 0 Å². The lowest BCUT2D eigenvalue weighted by Crippen LogP contribution is -2.43. The van der Waals surface area contributed by atoms with Crippen molar-refractivity contribution in [1.82, 2.24) is 5.32 Å². The molecule has 6 nitrogen and oxygen atoms in total. The average Bonchev–Trinajstić information content (AvgIpc) is 3.20. The fourth-order valence-corrected chi connectivity index (χ4v) is 4.79. The van der Waals surface area contributed by atoms with E-state index in [4.69, 9.17) is 30.5 Å². The Labute approximate surface area is 194 Å². The lowest BCUT2D eigenvalue weighted by molar-refractivity contribution is -0.135. The van der Waals surface area contributed by atoms with Crippen LogP contribution < -0.4 is 19.5 Å². The van der Waals surface area contributed by atoms with Crippen LogP contribution in [0.1, 0.15) is 32.3 Å². The molecule has 2 aromatic rings. The summed E-state index contributed by atoms with van der Waals surface area (Å²) in [6.07, 6.45) is 2.00. The molecule has 4 rings (SSSR count). The predicted octanol–water partition coefficient (Wildman–Crippen LogP) is 4.65. The monoisotopic (exact) mass is 459 g/mol. The zero-order valence-electron chi connectivity index (χ0n) is 19.0. The Morgan fingerprint density at radius 1 is 1.22 bits per heavy atom. The summed E-state index contributed by atoms with van der Waals surface area (Å²) in [5.74, 6) is 2.20. The highest BCUT2D eigenvalue weighted by molar-refractivity contribution is 6.32. The molecule has 1 amide bonds. The van der Waals surface area contributed by atoms with E-state index < -0.39 is 0 Å². The number of hydrogen-bond donors (Lipinski definition) is 1. The number of carbonyl (C=O) groups excluding carboxylic acids is 1. The van der Waals surface area contributed by atoms with Crippen molar-refractivity contribution in [3.63, 3.8) is 0 Å². The first-order chi connectivity index (χ1) is 15.3. The van der Waals surface area contributed by atoms with Crippen molar-refractivity contribution in [2.24, 2.45) is 5.92 Å². The first-order valence-electron chi connectivity index (χ1n) is 10.9. The van der Waals surface area contributed by atoms with Gasteiger partial charge in [-0.15, -0.1) is 0 Å². The normalized spacial score (nSPS) is 21.4. The minimum Gasteiger partial charge on any atom is -0.497 e. The van der Waals surface area contributed by atoms with E-state index in [0.29, 0.717) is 30.3 Å². The molecular formula is C25H30ClNO5. The van der Waals surface area contributed by atoms with Crippen LogP contribution in [0, 0.1) is 5.92 Å². The standard InChI is InChI=1S/C25H30ClNO5/c1-25(2)13-15(7-8-31-25)24(28)27-14-19-10-17-9-16(11-21(26)23(17)32-19)20-12-18(29-3)5-6-22(20)30-4/h5-6,9,11-12,15,19H,7-8,10,13-14H2,1-4H3,(H,27,28)/t15-,19+/m1/s1. The number of carbonyl (C=O) groups is 1. The number of rotatable bonds is 6. The molecule has 0 saturated carbocycles. The van der Waals surface area contributed by atoms with Crippen LogP contribution in [0.15, 0.2) is 30.3 Å². The lowest BCUT2D eigenvalue weighted by atomic mass is 9.88. The van der Waals surface area contributed by atoms with Gasteiger partial charge < -0.3 is 24.3 Å². The van der Waals surface area contributed by atoms with E-state index in [-0.39, 0.29) is 23.5 Å². The molecule has 2 aliphatic heterocycles. The molecule has 32 heavy (non-hydrogen) atoms. The molecule has 1 fully saturated rings. The number of fused-ring (bicyclic) bond motifs is 1. The van der Waals surface area contributed by atoms with Crippen molar-refractivity contribution < 1.29 is 23.7 Å². The van der Waals surface area contributed by atoms with Gasteiger partial charge in [0.2, 0.25) is 5.91 Å². The third-order valence-corrected chi connectivity index (χ3v) is 6.42. The topological polar surface area (TPSA) is 66.0 Å². The third-order valence-electron chi connectivity index (χ3n) is 6.14. The number of hydrogen-bond acceptors (Lipinski definition) is 5. The van der Waals surface area contributed by atoms with Crippen LogP contribution in [0.25, 0.3) is 11.1 Å². The molecule has 2 aromatic carbocycles. The van der Waals surface area contributed by atoms with Gasteiger partial charge in [-0.2, -0.15) is 0 Å². The van der Waals surface area contributed by atoms with Crippen molar-refractivity contribution in [2.45, 2.75) is 44.8 Å². The van der Waals surface area contributed by atoms with E-state index in [1.54, 1.807) is 14.2 Å². The van der Waals surface area contributed by atoms with Gasteiger partial charge in [0.25, 0.3) is 0 Å². The molecule has 0 aliphatic carbocycles. The van der Waals surface area contributed by atoms with Crippen LogP contribution in [0.5, 0.6) is 17.2 Å². The summed E-state index contributed by atoms with van der Waals surface area (Å²) in [6.45, 7) is 5.11. The fourth-order valence-electron chi connectivity index (χ4n) is 4.51. The van der Waals surface area contributed by atoms with E-state index in [1.807, 2.05) is 38.1 Å². The molecule has 2 aliphatic rings. The van der Waals surface area contributed by atoms with Crippen molar-refractivity contribution >= 4 is 17.5 Å². The summed E-state index contributed by atoms with van der Waals surface area (Å²) >= 11 is 6.58. The molecule has 0 aromatic heterocycles. The molecule has 2 heterocycles. The summed E-state index contributed by atoms with van der Waals surface area (Å²) in [4.78, 5) is 12.7. The van der Waals surface area contributed by atoms with Crippen molar-refractivity contribution in [2.75, 3.05) is 27.4 Å². The SMILES string of the molecule is COc1ccc(OC)c(-c2cc(Cl)c3c(c2)C[C@@H](CNC(=O)[C@@H]2CCOC(C)(C)C2)O3)c1. The van der Waals surface area contributed by atoms with Gasteiger partial charge in [-0.1, -0.05) is 11.6 Å². The Morgan fingerprint density at radius 3 is 2.75 bits per heavy atom. The number of methoxy groups -OCH3 is 2. The molecule has 7 heteroatoms. The fraction of sp³-hybridized carbons (Fsp3) is 0.480. The molecule has 172 valence electrons. The van der Waals surface area contributed by atoms with Gasteiger partial charge in [0, 0.05) is 30.1 Å². The van der Waals surface area contributed by atoms with Crippen LogP contribution in [-0.2, 0) is 16.0 Å². The maximum absolute atomic E-state index is 12.7. The molecular weight excluding hydrogens is 430 g/mol. The number of amides is 1. The largest absolute Gasteiger partial charge is 0.497 e. The number of nitrogens with one attached hydrogen (secondary N) is 1. The molecule has 0 bridgehead atoms. The van der Waals surface area contributed by atoms with E-state index in [9.17, 15) is 4.79 Å². The Hall–Kier alpha value is -2.44. The molecule has 0 spiro atoms. The first kappa shape index (κ1) is 22.7. The minimum atomic E-state index is -0.258. The quantitative estimate of drug-likeness (QED) is 0.681. The predicted molar refractivity (Wildman–Crippen MR) is 124 cm³/mol. The minimum absolute atomic E-state index is 0.0294. The van der Waals surface area contributed by atoms with Crippen LogP contribution in [0.2, 0.25) is 5.02 Å². The second kappa shape index (κ2) is 9.20. The number of halogens is 1. The van der Waals surface area contributed by atoms with Gasteiger partial charge in [0.1, 0.15) is 23.4 Å². The lowest BCUT2D eigenvalue weighted by Gasteiger charge is -2.34. The zero-order chi connectivity index (χ0) is 22.9. The summed E-state index contributed by atoms with van der Waals surface area (Å²) < 4.78 is 22.7. The van der Waals surface area contributed by atoms with Gasteiger partial charge in [0.05, 0.1) is 31.4 Å². The van der Waals surface area contributed by atoms with Crippen molar-refractivity contribution in [3.05, 3.63) is 40.9 Å². The van der Waals surface area contributed by atoms with Crippen molar-refractivity contribution in [3.8, 4) is 28.4 Å².